The van der Waals surface area contributed by atoms with Crippen LogP contribution < -0.4 is 10.2 Å². The fourth-order valence-corrected chi connectivity index (χ4v) is 2.31. The molecule has 19 heavy (non-hydrogen) atoms. The van der Waals surface area contributed by atoms with Gasteiger partial charge in [0.25, 0.3) is 0 Å². The maximum absolute atomic E-state index is 8.82. The number of rotatable bonds is 6. The first-order valence-corrected chi connectivity index (χ1v) is 7.11. The second-order valence-corrected chi connectivity index (χ2v) is 5.17. The highest BCUT2D eigenvalue weighted by atomic mass is 35.5. The lowest BCUT2D eigenvalue weighted by Gasteiger charge is -2.17. The van der Waals surface area contributed by atoms with Crippen molar-refractivity contribution in [2.45, 2.75) is 38.6 Å². The molecule has 1 aliphatic heterocycles. The molecule has 2 rings (SSSR count). The van der Waals surface area contributed by atoms with Crippen LogP contribution in [0.25, 0.3) is 0 Å². The minimum Gasteiger partial charge on any atom is -0.396 e. The summed E-state index contributed by atoms with van der Waals surface area (Å²) in [5.74, 6) is 1.15. The van der Waals surface area contributed by atoms with Crippen molar-refractivity contribution in [1.29, 1.82) is 0 Å². The van der Waals surface area contributed by atoms with E-state index in [0.29, 0.717) is 11.9 Å². The first kappa shape index (κ1) is 14.3. The Morgan fingerprint density at radius 3 is 2.74 bits per heavy atom. The molecule has 2 N–H and O–H groups in total. The minimum absolute atomic E-state index is 0.192. The van der Waals surface area contributed by atoms with Crippen LogP contribution in [0.1, 0.15) is 32.6 Å². The molecule has 106 valence electrons. The number of aliphatic hydroxyl groups is 1. The number of halogens is 1. The molecule has 0 aromatic carbocycles. The van der Waals surface area contributed by atoms with Crippen molar-refractivity contribution in [2.75, 3.05) is 29.9 Å². The van der Waals surface area contributed by atoms with Gasteiger partial charge >= 0.3 is 0 Å². The van der Waals surface area contributed by atoms with Gasteiger partial charge in [0.2, 0.25) is 17.2 Å². The van der Waals surface area contributed by atoms with Crippen LogP contribution in [0, 0.1) is 0 Å². The van der Waals surface area contributed by atoms with Gasteiger partial charge < -0.3 is 15.3 Å². The smallest absolute Gasteiger partial charge is 0.231 e. The first-order chi connectivity index (χ1) is 9.19. The fourth-order valence-electron chi connectivity index (χ4n) is 2.15. The summed E-state index contributed by atoms with van der Waals surface area (Å²) < 4.78 is 0. The van der Waals surface area contributed by atoms with Gasteiger partial charge in [-0.25, -0.2) is 0 Å². The first-order valence-electron chi connectivity index (χ1n) is 6.73. The molecule has 7 heteroatoms. The van der Waals surface area contributed by atoms with Gasteiger partial charge in [-0.3, -0.25) is 0 Å². The molecule has 1 unspecified atom stereocenters. The van der Waals surface area contributed by atoms with E-state index >= 15 is 0 Å². The molecule has 0 amide bonds. The molecular weight excluding hydrogens is 266 g/mol. The predicted octanol–water partition coefficient (Wildman–Crippen LogP) is 1.70. The molecule has 2 heterocycles. The molecule has 1 aromatic rings. The Balaban J connectivity index is 2.03. The molecule has 6 nitrogen and oxygen atoms in total. The number of nitrogens with zero attached hydrogens (tertiary/aromatic N) is 4. The van der Waals surface area contributed by atoms with E-state index in [-0.39, 0.29) is 17.9 Å². The topological polar surface area (TPSA) is 74.2 Å². The van der Waals surface area contributed by atoms with Crippen molar-refractivity contribution < 1.29 is 5.11 Å². The number of hydrogen-bond acceptors (Lipinski definition) is 6. The zero-order valence-corrected chi connectivity index (χ0v) is 11.9. The SMILES string of the molecule is CC(CCCO)Nc1nc(Cl)nc(N2CCCC2)n1. The van der Waals surface area contributed by atoms with Crippen molar-refractivity contribution in [1.82, 2.24) is 15.0 Å². The molecule has 0 aliphatic carbocycles. The van der Waals surface area contributed by atoms with Crippen molar-refractivity contribution in [3.63, 3.8) is 0 Å². The van der Waals surface area contributed by atoms with E-state index < -0.39 is 0 Å². The number of aromatic nitrogens is 3. The fraction of sp³-hybridized carbons (Fsp3) is 0.750. The van der Waals surface area contributed by atoms with Gasteiger partial charge in [0.15, 0.2) is 0 Å². The van der Waals surface area contributed by atoms with E-state index in [2.05, 4.69) is 25.2 Å². The zero-order chi connectivity index (χ0) is 13.7. The van der Waals surface area contributed by atoms with Gasteiger partial charge in [-0.2, -0.15) is 15.0 Å². The molecule has 0 radical (unpaired) electrons. The van der Waals surface area contributed by atoms with Crippen LogP contribution in [0.3, 0.4) is 0 Å². The second kappa shape index (κ2) is 6.86. The third-order valence-corrected chi connectivity index (χ3v) is 3.33. The van der Waals surface area contributed by atoms with Gasteiger partial charge in [-0.1, -0.05) is 0 Å². The van der Waals surface area contributed by atoms with Gasteiger partial charge in [0.05, 0.1) is 0 Å². The Kier molecular flexibility index (Phi) is 5.15. The summed E-state index contributed by atoms with van der Waals surface area (Å²) >= 11 is 5.95. The second-order valence-electron chi connectivity index (χ2n) is 4.83. The van der Waals surface area contributed by atoms with Crippen LogP contribution in [0.5, 0.6) is 0 Å². The van der Waals surface area contributed by atoms with E-state index in [4.69, 9.17) is 16.7 Å². The van der Waals surface area contributed by atoms with Crippen LogP contribution >= 0.6 is 11.6 Å². The van der Waals surface area contributed by atoms with Gasteiger partial charge in [-0.05, 0) is 44.2 Å². The minimum atomic E-state index is 0.192. The molecule has 0 saturated carbocycles. The van der Waals surface area contributed by atoms with Crippen LogP contribution in [0.2, 0.25) is 5.28 Å². The maximum atomic E-state index is 8.82. The Hall–Kier alpha value is -1.14. The maximum Gasteiger partial charge on any atom is 0.231 e. The third kappa shape index (κ3) is 4.18. The lowest BCUT2D eigenvalue weighted by molar-refractivity contribution is 0.282. The zero-order valence-electron chi connectivity index (χ0n) is 11.1. The Morgan fingerprint density at radius 2 is 2.05 bits per heavy atom. The number of hydrogen-bond donors (Lipinski definition) is 2. The molecule has 1 aromatic heterocycles. The summed E-state index contributed by atoms with van der Waals surface area (Å²) in [6.45, 7) is 4.17. The van der Waals surface area contributed by atoms with E-state index in [0.717, 1.165) is 25.9 Å². The largest absolute Gasteiger partial charge is 0.396 e. The van der Waals surface area contributed by atoms with Crippen LogP contribution in [0.15, 0.2) is 0 Å². The lowest BCUT2D eigenvalue weighted by Crippen LogP contribution is -2.23. The quantitative estimate of drug-likeness (QED) is 0.829. The van der Waals surface area contributed by atoms with Crippen LogP contribution in [-0.2, 0) is 0 Å². The summed E-state index contributed by atoms with van der Waals surface area (Å²) in [7, 11) is 0. The number of anilines is 2. The average molecular weight is 286 g/mol. The Morgan fingerprint density at radius 1 is 1.32 bits per heavy atom. The molecule has 0 spiro atoms. The van der Waals surface area contributed by atoms with E-state index in [9.17, 15) is 0 Å². The average Bonchev–Trinajstić information content (AvgIpc) is 2.89. The summed E-state index contributed by atoms with van der Waals surface area (Å²) in [5, 5.41) is 12.2. The number of aliphatic hydroxyl groups excluding tert-OH is 1. The molecule has 1 fully saturated rings. The monoisotopic (exact) mass is 285 g/mol. The van der Waals surface area contributed by atoms with Crippen molar-refractivity contribution in [2.24, 2.45) is 0 Å². The molecule has 1 aliphatic rings. The van der Waals surface area contributed by atoms with Crippen LogP contribution in [0.4, 0.5) is 11.9 Å². The van der Waals surface area contributed by atoms with Crippen molar-refractivity contribution >= 4 is 23.5 Å². The molecule has 0 bridgehead atoms. The van der Waals surface area contributed by atoms with E-state index in [1.54, 1.807) is 0 Å². The van der Waals surface area contributed by atoms with E-state index in [1.165, 1.54) is 12.8 Å². The lowest BCUT2D eigenvalue weighted by atomic mass is 10.2. The Bertz CT molecular complexity index is 411. The number of nitrogens with one attached hydrogen (secondary N) is 1. The summed E-state index contributed by atoms with van der Waals surface area (Å²) in [4.78, 5) is 14.8. The van der Waals surface area contributed by atoms with Gasteiger partial charge in [-0.15, -0.1) is 0 Å². The summed E-state index contributed by atoms with van der Waals surface area (Å²) in [6, 6.07) is 0.192. The van der Waals surface area contributed by atoms with Crippen molar-refractivity contribution in [3.8, 4) is 0 Å². The highest BCUT2D eigenvalue weighted by Crippen LogP contribution is 2.19. The van der Waals surface area contributed by atoms with Gasteiger partial charge in [0, 0.05) is 25.7 Å². The Labute approximate surface area is 118 Å². The van der Waals surface area contributed by atoms with E-state index in [1.807, 2.05) is 6.92 Å². The highest BCUT2D eigenvalue weighted by molar-refractivity contribution is 6.28. The summed E-state index contributed by atoms with van der Waals surface area (Å²) in [6.07, 6.45) is 3.95. The standard InChI is InChI=1S/C12H20ClN5O/c1-9(5-4-8-19)14-11-15-10(13)16-12(17-11)18-6-2-3-7-18/h9,19H,2-8H2,1H3,(H,14,15,16,17). The molecule has 1 saturated heterocycles. The third-order valence-electron chi connectivity index (χ3n) is 3.16. The molecular formula is C12H20ClN5O. The van der Waals surface area contributed by atoms with Crippen molar-refractivity contribution in [3.05, 3.63) is 5.28 Å². The van der Waals surface area contributed by atoms with Crippen LogP contribution in [-0.4, -0.2) is 45.8 Å². The predicted molar refractivity (Wildman–Crippen MR) is 75.7 cm³/mol. The summed E-state index contributed by atoms with van der Waals surface area (Å²) in [5.41, 5.74) is 0. The highest BCUT2D eigenvalue weighted by Gasteiger charge is 2.17. The van der Waals surface area contributed by atoms with Gasteiger partial charge in [0.1, 0.15) is 0 Å². The molecule has 1 atom stereocenters. The normalized spacial score (nSPS) is 16.7.